The summed E-state index contributed by atoms with van der Waals surface area (Å²) >= 11 is 0. The summed E-state index contributed by atoms with van der Waals surface area (Å²) in [5.74, 6) is 0.240. The minimum Gasteiger partial charge on any atom is -0.378 e. The van der Waals surface area contributed by atoms with Crippen molar-refractivity contribution in [1.29, 1.82) is 0 Å². The fraction of sp³-hybridized carbons (Fsp3) is 1.00. The lowest BCUT2D eigenvalue weighted by molar-refractivity contribution is -0.00769. The molecule has 1 aliphatic heterocycles. The van der Waals surface area contributed by atoms with E-state index >= 15 is 0 Å². The summed E-state index contributed by atoms with van der Waals surface area (Å²) < 4.78 is 31.7. The maximum Gasteiger partial charge on any atom is 0.214 e. The molecule has 0 spiro atoms. The van der Waals surface area contributed by atoms with Crippen molar-refractivity contribution in [3.8, 4) is 0 Å². The molecule has 5 nitrogen and oxygen atoms in total. The predicted molar refractivity (Wildman–Crippen MR) is 77.8 cm³/mol. The van der Waals surface area contributed by atoms with Crippen molar-refractivity contribution in [2.75, 3.05) is 38.6 Å². The first-order valence-corrected chi connectivity index (χ1v) is 8.80. The Kier molecular flexibility index (Phi) is 6.73. The molecule has 0 unspecified atom stereocenters. The smallest absolute Gasteiger partial charge is 0.214 e. The lowest BCUT2D eigenvalue weighted by Gasteiger charge is -2.40. The van der Waals surface area contributed by atoms with Gasteiger partial charge in [0.15, 0.2) is 0 Å². The normalized spacial score (nSPS) is 20.6. The lowest BCUT2D eigenvalue weighted by atomic mass is 10.1. The largest absolute Gasteiger partial charge is 0.378 e. The quantitative estimate of drug-likeness (QED) is 0.683. The van der Waals surface area contributed by atoms with E-state index in [2.05, 4.69) is 12.2 Å². The van der Waals surface area contributed by atoms with Crippen molar-refractivity contribution in [3.05, 3.63) is 0 Å². The van der Waals surface area contributed by atoms with E-state index in [1.807, 2.05) is 13.8 Å². The summed E-state index contributed by atoms with van der Waals surface area (Å²) in [6.45, 7) is 9.32. The summed E-state index contributed by atoms with van der Waals surface area (Å²) in [5, 5.41) is 3.29. The number of nitrogens with one attached hydrogen (secondary N) is 1. The number of unbranched alkanes of at least 4 members (excludes halogenated alkanes) is 1. The predicted octanol–water partition coefficient (Wildman–Crippen LogP) is 1.21. The molecule has 1 fully saturated rings. The fourth-order valence-electron chi connectivity index (χ4n) is 2.31. The Morgan fingerprint density at radius 2 is 2.00 bits per heavy atom. The molecule has 0 atom stereocenters. The molecule has 1 saturated heterocycles. The van der Waals surface area contributed by atoms with Gasteiger partial charge < -0.3 is 10.1 Å². The average molecular weight is 292 g/mol. The average Bonchev–Trinajstić information content (AvgIpc) is 2.32. The van der Waals surface area contributed by atoms with Gasteiger partial charge in [0, 0.05) is 6.54 Å². The Hall–Kier alpha value is -0.170. The van der Waals surface area contributed by atoms with Crippen LogP contribution in [-0.4, -0.2) is 56.9 Å². The maximum atomic E-state index is 12.3. The van der Waals surface area contributed by atoms with Crippen molar-refractivity contribution in [1.82, 2.24) is 9.62 Å². The van der Waals surface area contributed by atoms with Crippen molar-refractivity contribution >= 4 is 10.0 Å². The first-order chi connectivity index (χ1) is 8.90. The second kappa shape index (κ2) is 7.57. The van der Waals surface area contributed by atoms with Crippen LogP contribution in [0.4, 0.5) is 0 Å². The minimum absolute atomic E-state index is 0.240. The highest BCUT2D eigenvalue weighted by Crippen LogP contribution is 2.23. The number of hydrogen-bond acceptors (Lipinski definition) is 4. The van der Waals surface area contributed by atoms with Gasteiger partial charge in [0.2, 0.25) is 10.0 Å². The highest BCUT2D eigenvalue weighted by Gasteiger charge is 2.38. The van der Waals surface area contributed by atoms with Crippen molar-refractivity contribution in [2.45, 2.75) is 45.6 Å². The third-order valence-corrected chi connectivity index (χ3v) is 5.49. The number of ether oxygens (including phenoxy) is 1. The van der Waals surface area contributed by atoms with Crippen LogP contribution in [0.3, 0.4) is 0 Å². The highest BCUT2D eigenvalue weighted by molar-refractivity contribution is 7.89. The van der Waals surface area contributed by atoms with E-state index in [0.29, 0.717) is 26.2 Å². The first kappa shape index (κ1) is 16.9. The van der Waals surface area contributed by atoms with Crippen molar-refractivity contribution in [2.24, 2.45) is 0 Å². The SMILES string of the molecule is CCCNCCCCS(=O)(=O)N1CCOCC1(C)C. The molecule has 0 amide bonds. The summed E-state index contributed by atoms with van der Waals surface area (Å²) in [4.78, 5) is 0. The molecular weight excluding hydrogens is 264 g/mol. The molecule has 0 bridgehead atoms. The van der Waals surface area contributed by atoms with Crippen LogP contribution in [0, 0.1) is 0 Å². The molecule has 0 radical (unpaired) electrons. The Morgan fingerprint density at radius 1 is 1.26 bits per heavy atom. The molecule has 0 aliphatic carbocycles. The van der Waals surface area contributed by atoms with E-state index in [4.69, 9.17) is 4.74 Å². The van der Waals surface area contributed by atoms with Crippen LogP contribution in [0.5, 0.6) is 0 Å². The Labute approximate surface area is 117 Å². The zero-order chi connectivity index (χ0) is 14.4. The molecule has 19 heavy (non-hydrogen) atoms. The van der Waals surface area contributed by atoms with E-state index in [9.17, 15) is 8.42 Å². The summed E-state index contributed by atoms with van der Waals surface area (Å²) in [6, 6.07) is 0. The van der Waals surface area contributed by atoms with E-state index < -0.39 is 15.6 Å². The van der Waals surface area contributed by atoms with Gasteiger partial charge in [-0.25, -0.2) is 8.42 Å². The summed E-state index contributed by atoms with van der Waals surface area (Å²) in [7, 11) is -3.16. The van der Waals surface area contributed by atoms with Gasteiger partial charge >= 0.3 is 0 Å². The van der Waals surface area contributed by atoms with E-state index in [0.717, 1.165) is 25.9 Å². The highest BCUT2D eigenvalue weighted by atomic mass is 32.2. The fourth-order valence-corrected chi connectivity index (χ4v) is 4.25. The first-order valence-electron chi connectivity index (χ1n) is 7.19. The van der Waals surface area contributed by atoms with Crippen LogP contribution in [0.1, 0.15) is 40.0 Å². The van der Waals surface area contributed by atoms with Crippen LogP contribution in [0.25, 0.3) is 0 Å². The number of hydrogen-bond donors (Lipinski definition) is 1. The molecule has 6 heteroatoms. The number of rotatable bonds is 8. The van der Waals surface area contributed by atoms with Gasteiger partial charge in [0.25, 0.3) is 0 Å². The Morgan fingerprint density at radius 3 is 2.63 bits per heavy atom. The van der Waals surface area contributed by atoms with Crippen LogP contribution in [0.2, 0.25) is 0 Å². The van der Waals surface area contributed by atoms with Crippen LogP contribution >= 0.6 is 0 Å². The standard InChI is InChI=1S/C13H28N2O3S/c1-4-7-14-8-5-6-11-19(16,17)15-9-10-18-12-13(15,2)3/h14H,4-12H2,1-3H3. The van der Waals surface area contributed by atoms with Crippen LogP contribution < -0.4 is 5.32 Å². The van der Waals surface area contributed by atoms with Crippen LogP contribution in [0.15, 0.2) is 0 Å². The van der Waals surface area contributed by atoms with Gasteiger partial charge in [-0.3, -0.25) is 0 Å². The monoisotopic (exact) mass is 292 g/mol. The lowest BCUT2D eigenvalue weighted by Crippen LogP contribution is -2.55. The zero-order valence-electron chi connectivity index (χ0n) is 12.4. The second-order valence-electron chi connectivity index (χ2n) is 5.71. The van der Waals surface area contributed by atoms with E-state index in [1.54, 1.807) is 4.31 Å². The summed E-state index contributed by atoms with van der Waals surface area (Å²) in [6.07, 6.45) is 2.73. The van der Waals surface area contributed by atoms with Gasteiger partial charge in [-0.05, 0) is 46.2 Å². The van der Waals surface area contributed by atoms with Crippen molar-refractivity contribution in [3.63, 3.8) is 0 Å². The van der Waals surface area contributed by atoms with Gasteiger partial charge in [0.05, 0.1) is 24.5 Å². The number of sulfonamides is 1. The molecular formula is C13H28N2O3S. The Bertz CT molecular complexity index is 355. The number of nitrogens with zero attached hydrogens (tertiary/aromatic N) is 1. The molecule has 0 saturated carbocycles. The van der Waals surface area contributed by atoms with Crippen LogP contribution in [-0.2, 0) is 14.8 Å². The third kappa shape index (κ3) is 5.38. The molecule has 0 aromatic rings. The van der Waals surface area contributed by atoms with Gasteiger partial charge in [-0.2, -0.15) is 4.31 Å². The molecule has 0 aromatic carbocycles. The molecule has 1 heterocycles. The van der Waals surface area contributed by atoms with Gasteiger partial charge in [-0.1, -0.05) is 6.92 Å². The minimum atomic E-state index is -3.16. The molecule has 1 rings (SSSR count). The van der Waals surface area contributed by atoms with E-state index in [1.165, 1.54) is 0 Å². The third-order valence-electron chi connectivity index (χ3n) is 3.34. The van der Waals surface area contributed by atoms with E-state index in [-0.39, 0.29) is 5.75 Å². The topological polar surface area (TPSA) is 58.6 Å². The summed E-state index contributed by atoms with van der Waals surface area (Å²) in [5.41, 5.74) is -0.419. The maximum absolute atomic E-state index is 12.3. The second-order valence-corrected chi connectivity index (χ2v) is 7.72. The van der Waals surface area contributed by atoms with Crippen molar-refractivity contribution < 1.29 is 13.2 Å². The molecule has 1 aliphatic rings. The number of morpholine rings is 1. The Balaban J connectivity index is 2.38. The molecule has 0 aromatic heterocycles. The zero-order valence-corrected chi connectivity index (χ0v) is 13.3. The molecule has 114 valence electrons. The molecule has 1 N–H and O–H groups in total. The van der Waals surface area contributed by atoms with Gasteiger partial charge in [0.1, 0.15) is 0 Å². The van der Waals surface area contributed by atoms with Gasteiger partial charge in [-0.15, -0.1) is 0 Å².